The average Bonchev–Trinajstić information content (AvgIpc) is 3.27. The number of hydrogen-bond acceptors (Lipinski definition) is 1. The Hall–Kier alpha value is -4.43. The Balaban J connectivity index is 1.36. The molecule has 5 aromatic carbocycles. The first-order valence-corrected chi connectivity index (χ1v) is 12.4. The van der Waals surface area contributed by atoms with Gasteiger partial charge < -0.3 is 4.57 Å². The van der Waals surface area contributed by atoms with Gasteiger partial charge in [-0.25, -0.2) is 0 Å². The molecule has 0 fully saturated rings. The van der Waals surface area contributed by atoms with Crippen molar-refractivity contribution in [3.8, 4) is 16.8 Å². The standard InChI is InChI=1S/C34H25NO/c1-34(2)28-13-8-12-27-26-11-6-7-14-30(26)35(32(27)28)31-20-19-25(21-29(31)34)33(36)24-17-15-23(16-18-24)22-9-4-3-5-10-22/h3-21H,1-2H3. The largest absolute Gasteiger partial charge is 0.309 e. The molecule has 0 amide bonds. The summed E-state index contributed by atoms with van der Waals surface area (Å²) in [7, 11) is 0. The molecule has 0 saturated heterocycles. The van der Waals surface area contributed by atoms with Gasteiger partial charge in [-0.05, 0) is 46.5 Å². The molecule has 2 heterocycles. The van der Waals surface area contributed by atoms with Gasteiger partial charge in [-0.2, -0.15) is 0 Å². The fourth-order valence-corrected chi connectivity index (χ4v) is 5.90. The highest BCUT2D eigenvalue weighted by Crippen LogP contribution is 2.47. The lowest BCUT2D eigenvalue weighted by molar-refractivity contribution is 0.103. The first-order chi connectivity index (χ1) is 17.5. The van der Waals surface area contributed by atoms with Gasteiger partial charge in [-0.3, -0.25) is 4.79 Å². The lowest BCUT2D eigenvalue weighted by Gasteiger charge is -2.35. The zero-order valence-corrected chi connectivity index (χ0v) is 20.3. The van der Waals surface area contributed by atoms with Crippen molar-refractivity contribution in [2.45, 2.75) is 19.3 Å². The van der Waals surface area contributed by atoms with E-state index >= 15 is 0 Å². The van der Waals surface area contributed by atoms with Gasteiger partial charge in [0, 0.05) is 27.3 Å². The molecule has 2 nitrogen and oxygen atoms in total. The van der Waals surface area contributed by atoms with Crippen molar-refractivity contribution in [1.82, 2.24) is 4.57 Å². The van der Waals surface area contributed by atoms with Crippen LogP contribution in [-0.2, 0) is 5.41 Å². The van der Waals surface area contributed by atoms with Gasteiger partial charge in [0.15, 0.2) is 5.78 Å². The lowest BCUT2D eigenvalue weighted by atomic mass is 9.74. The second-order valence-corrected chi connectivity index (χ2v) is 10.2. The smallest absolute Gasteiger partial charge is 0.193 e. The fraction of sp³-hybridized carbons (Fsp3) is 0.0882. The highest BCUT2D eigenvalue weighted by molar-refractivity contribution is 6.12. The van der Waals surface area contributed by atoms with Crippen molar-refractivity contribution in [2.75, 3.05) is 0 Å². The Kier molecular flexibility index (Phi) is 4.37. The molecule has 0 unspecified atom stereocenters. The van der Waals surface area contributed by atoms with Gasteiger partial charge in [0.2, 0.25) is 0 Å². The summed E-state index contributed by atoms with van der Waals surface area (Å²) in [6.07, 6.45) is 0. The maximum atomic E-state index is 13.6. The van der Waals surface area contributed by atoms with Crippen LogP contribution in [0.5, 0.6) is 0 Å². The molecular weight excluding hydrogens is 438 g/mol. The number of aromatic nitrogens is 1. The minimum atomic E-state index is -0.229. The highest BCUT2D eigenvalue weighted by Gasteiger charge is 2.35. The van der Waals surface area contributed by atoms with E-state index in [0.717, 1.165) is 22.4 Å². The molecule has 0 saturated carbocycles. The number of ketones is 1. The summed E-state index contributed by atoms with van der Waals surface area (Å²) < 4.78 is 2.38. The van der Waals surface area contributed by atoms with E-state index in [1.54, 1.807) is 0 Å². The van der Waals surface area contributed by atoms with Crippen LogP contribution in [0.2, 0.25) is 0 Å². The first kappa shape index (κ1) is 20.9. The number of hydrogen-bond donors (Lipinski definition) is 0. The van der Waals surface area contributed by atoms with E-state index in [1.165, 1.54) is 32.9 Å². The molecule has 1 aliphatic rings. The predicted octanol–water partition coefficient (Wildman–Crippen LogP) is 8.32. The van der Waals surface area contributed by atoms with Crippen LogP contribution in [0.4, 0.5) is 0 Å². The number of fused-ring (bicyclic) bond motifs is 5. The Morgan fingerprint density at radius 3 is 2.08 bits per heavy atom. The molecule has 0 bridgehead atoms. The molecule has 0 atom stereocenters. The van der Waals surface area contributed by atoms with Crippen molar-refractivity contribution in [3.63, 3.8) is 0 Å². The van der Waals surface area contributed by atoms with Crippen molar-refractivity contribution in [3.05, 3.63) is 138 Å². The average molecular weight is 464 g/mol. The Morgan fingerprint density at radius 1 is 0.611 bits per heavy atom. The quantitative estimate of drug-likeness (QED) is 0.242. The Morgan fingerprint density at radius 2 is 1.28 bits per heavy atom. The zero-order chi connectivity index (χ0) is 24.4. The molecule has 1 aromatic heterocycles. The van der Waals surface area contributed by atoms with Gasteiger partial charge in [-0.15, -0.1) is 0 Å². The van der Waals surface area contributed by atoms with Crippen molar-refractivity contribution in [1.29, 1.82) is 0 Å². The van der Waals surface area contributed by atoms with Gasteiger partial charge in [0.25, 0.3) is 0 Å². The zero-order valence-electron chi connectivity index (χ0n) is 20.3. The van der Waals surface area contributed by atoms with E-state index in [9.17, 15) is 4.79 Å². The molecule has 6 aromatic rings. The van der Waals surface area contributed by atoms with Crippen LogP contribution in [0.25, 0.3) is 38.6 Å². The van der Waals surface area contributed by atoms with Crippen molar-refractivity contribution in [2.24, 2.45) is 0 Å². The second-order valence-electron chi connectivity index (χ2n) is 10.2. The third-order valence-electron chi connectivity index (χ3n) is 7.80. The number of carbonyl (C=O) groups excluding carboxylic acids is 1. The fourth-order valence-electron chi connectivity index (χ4n) is 5.90. The monoisotopic (exact) mass is 463 g/mol. The summed E-state index contributed by atoms with van der Waals surface area (Å²) >= 11 is 0. The third kappa shape index (κ3) is 2.88. The minimum absolute atomic E-state index is 0.0505. The SMILES string of the molecule is CC1(C)c2cc(C(=O)c3ccc(-c4ccccc4)cc3)ccc2-n2c3ccccc3c3cccc1c32. The number of para-hydroxylation sites is 2. The van der Waals surface area contributed by atoms with Crippen LogP contribution in [0.3, 0.4) is 0 Å². The summed E-state index contributed by atoms with van der Waals surface area (Å²) in [5, 5.41) is 2.54. The molecule has 0 aliphatic carbocycles. The second kappa shape index (κ2) is 7.53. The molecule has 172 valence electrons. The van der Waals surface area contributed by atoms with E-state index in [0.29, 0.717) is 5.56 Å². The van der Waals surface area contributed by atoms with Crippen LogP contribution in [0.15, 0.2) is 115 Å². The summed E-state index contributed by atoms with van der Waals surface area (Å²) in [6, 6.07) is 39.6. The van der Waals surface area contributed by atoms with Crippen LogP contribution in [0, 0.1) is 0 Å². The molecule has 1 aliphatic heterocycles. The predicted molar refractivity (Wildman–Crippen MR) is 148 cm³/mol. The van der Waals surface area contributed by atoms with Crippen LogP contribution < -0.4 is 0 Å². The topological polar surface area (TPSA) is 22.0 Å². The van der Waals surface area contributed by atoms with Crippen molar-refractivity contribution >= 4 is 27.6 Å². The van der Waals surface area contributed by atoms with Crippen LogP contribution in [-0.4, -0.2) is 10.4 Å². The van der Waals surface area contributed by atoms with Crippen LogP contribution in [0.1, 0.15) is 40.9 Å². The molecule has 36 heavy (non-hydrogen) atoms. The molecule has 0 spiro atoms. The summed E-state index contributed by atoms with van der Waals surface area (Å²) in [4.78, 5) is 13.6. The van der Waals surface area contributed by atoms with E-state index in [4.69, 9.17) is 0 Å². The Labute approximate surface area is 210 Å². The summed E-state index contributed by atoms with van der Waals surface area (Å²) in [6.45, 7) is 4.54. The molecule has 7 rings (SSSR count). The molecular formula is C34H25NO. The maximum Gasteiger partial charge on any atom is 0.193 e. The first-order valence-electron chi connectivity index (χ1n) is 12.4. The van der Waals surface area contributed by atoms with Gasteiger partial charge in [-0.1, -0.05) is 105 Å². The molecule has 0 radical (unpaired) electrons. The molecule has 0 N–H and O–H groups in total. The summed E-state index contributed by atoms with van der Waals surface area (Å²) in [5.74, 6) is 0.0505. The maximum absolute atomic E-state index is 13.6. The molecule has 2 heteroatoms. The Bertz CT molecular complexity index is 1800. The van der Waals surface area contributed by atoms with Crippen molar-refractivity contribution < 1.29 is 4.79 Å². The highest BCUT2D eigenvalue weighted by atomic mass is 16.1. The van der Waals surface area contributed by atoms with E-state index in [1.807, 2.05) is 48.5 Å². The van der Waals surface area contributed by atoms with Gasteiger partial charge in [0.1, 0.15) is 0 Å². The van der Waals surface area contributed by atoms with Crippen LogP contribution >= 0.6 is 0 Å². The van der Waals surface area contributed by atoms with E-state index < -0.39 is 0 Å². The number of rotatable bonds is 3. The third-order valence-corrected chi connectivity index (χ3v) is 7.80. The number of benzene rings is 5. The van der Waals surface area contributed by atoms with Gasteiger partial charge in [0.05, 0.1) is 16.7 Å². The van der Waals surface area contributed by atoms with Gasteiger partial charge >= 0.3 is 0 Å². The lowest BCUT2D eigenvalue weighted by Crippen LogP contribution is -2.26. The number of nitrogens with zero attached hydrogens (tertiary/aromatic N) is 1. The summed E-state index contributed by atoms with van der Waals surface area (Å²) in [5.41, 5.74) is 9.55. The minimum Gasteiger partial charge on any atom is -0.309 e. The van der Waals surface area contributed by atoms with E-state index in [2.05, 4.69) is 85.1 Å². The number of carbonyl (C=O) groups is 1. The normalized spacial score (nSPS) is 13.6. The van der Waals surface area contributed by atoms with E-state index in [-0.39, 0.29) is 11.2 Å².